The van der Waals surface area contributed by atoms with Crippen molar-refractivity contribution in [2.75, 3.05) is 52.4 Å². The Morgan fingerprint density at radius 3 is 2.50 bits per heavy atom. The highest BCUT2D eigenvalue weighted by Gasteiger charge is 2.25. The molecule has 2 fully saturated rings. The molecule has 1 aromatic rings. The number of rotatable bonds is 7. The number of amides is 3. The summed E-state index contributed by atoms with van der Waals surface area (Å²) in [6.07, 6.45) is 2.38. The van der Waals surface area contributed by atoms with Crippen LogP contribution in [0.5, 0.6) is 0 Å². The molecule has 2 aliphatic rings. The Bertz CT molecular complexity index is 722. The molecule has 0 spiro atoms. The number of nitrogens with one attached hydrogen (secondary N) is 1. The van der Waals surface area contributed by atoms with E-state index < -0.39 is 0 Å². The molecule has 154 valence electrons. The predicted molar refractivity (Wildman–Crippen MR) is 104 cm³/mol. The number of hydrogen-bond donors (Lipinski definition) is 1. The van der Waals surface area contributed by atoms with E-state index in [1.165, 1.54) is 0 Å². The molecule has 28 heavy (non-hydrogen) atoms. The van der Waals surface area contributed by atoms with E-state index in [-0.39, 0.29) is 17.7 Å². The van der Waals surface area contributed by atoms with Crippen LogP contribution < -0.4 is 5.32 Å². The first-order valence-electron chi connectivity index (χ1n) is 10.1. The monoisotopic (exact) mass is 390 g/mol. The van der Waals surface area contributed by atoms with E-state index in [0.717, 1.165) is 25.1 Å². The van der Waals surface area contributed by atoms with E-state index in [1.54, 1.807) is 13.0 Å². The topological polar surface area (TPSA) is 86.1 Å². The van der Waals surface area contributed by atoms with Gasteiger partial charge in [0, 0.05) is 52.2 Å². The van der Waals surface area contributed by atoms with Gasteiger partial charge in [0.25, 0.3) is 5.91 Å². The minimum atomic E-state index is -0.00571. The van der Waals surface area contributed by atoms with Crippen LogP contribution in [0.4, 0.5) is 0 Å². The first-order valence-corrected chi connectivity index (χ1v) is 10.1. The van der Waals surface area contributed by atoms with Gasteiger partial charge >= 0.3 is 0 Å². The zero-order valence-electron chi connectivity index (χ0n) is 16.8. The van der Waals surface area contributed by atoms with E-state index in [2.05, 4.69) is 10.2 Å². The summed E-state index contributed by atoms with van der Waals surface area (Å²) in [7, 11) is 0. The molecule has 0 atom stereocenters. The van der Waals surface area contributed by atoms with Gasteiger partial charge in [0.05, 0.1) is 12.1 Å². The molecule has 1 N–H and O–H groups in total. The smallest absolute Gasteiger partial charge is 0.257 e. The van der Waals surface area contributed by atoms with Crippen molar-refractivity contribution in [3.63, 3.8) is 0 Å². The van der Waals surface area contributed by atoms with Crippen molar-refractivity contribution in [1.82, 2.24) is 20.0 Å². The summed E-state index contributed by atoms with van der Waals surface area (Å²) in [5, 5.41) is 2.93. The highest BCUT2D eigenvalue weighted by Crippen LogP contribution is 2.17. The highest BCUT2D eigenvalue weighted by atomic mass is 16.3. The molecule has 0 bridgehead atoms. The lowest BCUT2D eigenvalue weighted by Gasteiger charge is -2.34. The van der Waals surface area contributed by atoms with Gasteiger partial charge in [0.15, 0.2) is 0 Å². The first kappa shape index (κ1) is 20.4. The third-order valence-electron chi connectivity index (χ3n) is 5.40. The third kappa shape index (κ3) is 5.13. The molecule has 0 unspecified atom stereocenters. The van der Waals surface area contributed by atoms with Crippen LogP contribution in [-0.4, -0.2) is 84.8 Å². The summed E-state index contributed by atoms with van der Waals surface area (Å²) in [6, 6.07) is 1.78. The minimum absolute atomic E-state index is 0.00471. The molecule has 8 heteroatoms. The maximum atomic E-state index is 12.6. The van der Waals surface area contributed by atoms with Gasteiger partial charge in [-0.05, 0) is 32.8 Å². The molecule has 0 saturated carbocycles. The van der Waals surface area contributed by atoms with Gasteiger partial charge in [-0.15, -0.1) is 0 Å². The first-order chi connectivity index (χ1) is 13.4. The molecule has 2 aliphatic heterocycles. The SMILES string of the molecule is Cc1cc(C(=O)N2CCN(CC(=O)NCCCN3CCCC3=O)CC2)c(C)o1. The van der Waals surface area contributed by atoms with E-state index in [1.807, 2.05) is 16.7 Å². The van der Waals surface area contributed by atoms with Gasteiger partial charge in [-0.2, -0.15) is 0 Å². The van der Waals surface area contributed by atoms with Gasteiger partial charge < -0.3 is 19.5 Å². The normalized spacial score (nSPS) is 18.0. The van der Waals surface area contributed by atoms with Crippen LogP contribution in [0.25, 0.3) is 0 Å². The lowest BCUT2D eigenvalue weighted by molar-refractivity contribution is -0.127. The second kappa shape index (κ2) is 9.23. The van der Waals surface area contributed by atoms with Crippen molar-refractivity contribution in [3.05, 3.63) is 23.2 Å². The van der Waals surface area contributed by atoms with E-state index in [0.29, 0.717) is 63.6 Å². The summed E-state index contributed by atoms with van der Waals surface area (Å²) in [6.45, 7) is 8.69. The van der Waals surface area contributed by atoms with Crippen LogP contribution in [0.3, 0.4) is 0 Å². The largest absolute Gasteiger partial charge is 0.466 e. The molecule has 2 saturated heterocycles. The van der Waals surface area contributed by atoms with Crippen molar-refractivity contribution >= 4 is 17.7 Å². The number of aryl methyl sites for hydroxylation is 2. The van der Waals surface area contributed by atoms with E-state index in [4.69, 9.17) is 4.42 Å². The third-order valence-corrected chi connectivity index (χ3v) is 5.40. The van der Waals surface area contributed by atoms with Crippen LogP contribution in [-0.2, 0) is 9.59 Å². The fourth-order valence-electron chi connectivity index (χ4n) is 3.82. The summed E-state index contributed by atoms with van der Waals surface area (Å²) >= 11 is 0. The van der Waals surface area contributed by atoms with Gasteiger partial charge in [-0.1, -0.05) is 0 Å². The Balaban J connectivity index is 1.33. The Hall–Kier alpha value is -2.35. The molecular weight excluding hydrogens is 360 g/mol. The molecule has 3 heterocycles. The van der Waals surface area contributed by atoms with E-state index >= 15 is 0 Å². The summed E-state index contributed by atoms with van der Waals surface area (Å²) in [5.41, 5.74) is 0.625. The van der Waals surface area contributed by atoms with Crippen molar-refractivity contribution in [1.29, 1.82) is 0 Å². The fraction of sp³-hybridized carbons (Fsp3) is 0.650. The van der Waals surface area contributed by atoms with Crippen molar-refractivity contribution in [3.8, 4) is 0 Å². The predicted octanol–water partition coefficient (Wildman–Crippen LogP) is 0.783. The molecule has 1 aromatic heterocycles. The average Bonchev–Trinajstić information content (AvgIpc) is 3.23. The highest BCUT2D eigenvalue weighted by molar-refractivity contribution is 5.95. The Labute approximate surface area is 165 Å². The maximum absolute atomic E-state index is 12.6. The number of carbonyl (C=O) groups excluding carboxylic acids is 3. The molecule has 3 amide bonds. The Morgan fingerprint density at radius 2 is 1.89 bits per heavy atom. The van der Waals surface area contributed by atoms with Crippen LogP contribution in [0.2, 0.25) is 0 Å². The Kier molecular flexibility index (Phi) is 6.72. The van der Waals surface area contributed by atoms with Gasteiger partial charge in [-0.25, -0.2) is 0 Å². The van der Waals surface area contributed by atoms with Crippen LogP contribution >= 0.6 is 0 Å². The van der Waals surface area contributed by atoms with E-state index in [9.17, 15) is 14.4 Å². The van der Waals surface area contributed by atoms with Gasteiger partial charge in [0.1, 0.15) is 11.5 Å². The van der Waals surface area contributed by atoms with Crippen molar-refractivity contribution in [2.45, 2.75) is 33.1 Å². The lowest BCUT2D eigenvalue weighted by Crippen LogP contribution is -2.51. The quantitative estimate of drug-likeness (QED) is 0.696. The summed E-state index contributed by atoms with van der Waals surface area (Å²) in [5.74, 6) is 1.61. The minimum Gasteiger partial charge on any atom is -0.466 e. The van der Waals surface area contributed by atoms with Crippen molar-refractivity contribution < 1.29 is 18.8 Å². The molecule has 0 radical (unpaired) electrons. The number of furan rings is 1. The second-order valence-electron chi connectivity index (χ2n) is 7.58. The maximum Gasteiger partial charge on any atom is 0.257 e. The number of piperazine rings is 1. The average molecular weight is 390 g/mol. The molecule has 8 nitrogen and oxygen atoms in total. The zero-order valence-corrected chi connectivity index (χ0v) is 16.8. The summed E-state index contributed by atoms with van der Waals surface area (Å²) in [4.78, 5) is 42.0. The number of carbonyl (C=O) groups is 3. The molecule has 0 aliphatic carbocycles. The van der Waals surface area contributed by atoms with Gasteiger partial charge in [-0.3, -0.25) is 19.3 Å². The standard InChI is InChI=1S/C20H30N4O4/c1-15-13-17(16(2)28-15)20(27)24-11-9-22(10-12-24)14-18(25)21-6-4-8-23-7-3-5-19(23)26/h13H,3-12,14H2,1-2H3,(H,21,25). The lowest BCUT2D eigenvalue weighted by atomic mass is 10.2. The second-order valence-corrected chi connectivity index (χ2v) is 7.58. The van der Waals surface area contributed by atoms with Crippen LogP contribution in [0.1, 0.15) is 41.1 Å². The van der Waals surface area contributed by atoms with Gasteiger partial charge in [0.2, 0.25) is 11.8 Å². The number of nitrogens with zero attached hydrogens (tertiary/aromatic N) is 3. The zero-order chi connectivity index (χ0) is 20.1. The number of hydrogen-bond acceptors (Lipinski definition) is 5. The molecular formula is C20H30N4O4. The summed E-state index contributed by atoms with van der Waals surface area (Å²) < 4.78 is 5.45. The fourth-order valence-corrected chi connectivity index (χ4v) is 3.82. The molecule has 0 aromatic carbocycles. The Morgan fingerprint density at radius 1 is 1.14 bits per heavy atom. The van der Waals surface area contributed by atoms with Crippen LogP contribution in [0.15, 0.2) is 10.5 Å². The van der Waals surface area contributed by atoms with Crippen LogP contribution in [0, 0.1) is 13.8 Å². The number of likely N-dealkylation sites (tertiary alicyclic amines) is 1. The van der Waals surface area contributed by atoms with Crippen molar-refractivity contribution in [2.24, 2.45) is 0 Å². The molecule has 3 rings (SSSR count).